The number of carboxylic acid groups (broad SMARTS) is 1. The zero-order valence-electron chi connectivity index (χ0n) is 24.4. The van der Waals surface area contributed by atoms with Crippen molar-refractivity contribution in [3.63, 3.8) is 0 Å². The Kier molecular flexibility index (Phi) is 7.32. The molecule has 4 aliphatic rings. The Balaban J connectivity index is 1.66. The van der Waals surface area contributed by atoms with Crippen LogP contribution in [-0.4, -0.2) is 34.4 Å². The summed E-state index contributed by atoms with van der Waals surface area (Å²) < 4.78 is 5.83. The van der Waals surface area contributed by atoms with Gasteiger partial charge < -0.3 is 14.9 Å². The minimum Gasteiger partial charge on any atom is -0.478 e. The third-order valence-corrected chi connectivity index (χ3v) is 12.3. The van der Waals surface area contributed by atoms with Crippen molar-refractivity contribution in [2.75, 3.05) is 0 Å². The number of allylic oxidation sites excluding steroid dienone is 2. The molecular formula is C32H50O5. The lowest BCUT2D eigenvalue weighted by Gasteiger charge is -2.62. The maximum absolute atomic E-state index is 12.0. The van der Waals surface area contributed by atoms with Gasteiger partial charge >= 0.3 is 11.9 Å². The predicted molar refractivity (Wildman–Crippen MR) is 146 cm³/mol. The first-order chi connectivity index (χ1) is 17.1. The first-order valence-electron chi connectivity index (χ1n) is 14.6. The van der Waals surface area contributed by atoms with Crippen molar-refractivity contribution in [1.82, 2.24) is 0 Å². The molecule has 0 aromatic heterocycles. The molecule has 0 bridgehead atoms. The van der Waals surface area contributed by atoms with Gasteiger partial charge in [0.05, 0.1) is 6.10 Å². The molecule has 0 aromatic rings. The fourth-order valence-corrected chi connectivity index (χ4v) is 9.78. The number of esters is 1. The third kappa shape index (κ3) is 4.32. The number of hydrogen-bond donors (Lipinski definition) is 2. The van der Waals surface area contributed by atoms with Crippen LogP contribution in [0.5, 0.6) is 0 Å². The van der Waals surface area contributed by atoms with Crippen LogP contribution in [0.15, 0.2) is 22.8 Å². The molecule has 0 aromatic carbocycles. The van der Waals surface area contributed by atoms with Crippen LogP contribution >= 0.6 is 0 Å². The highest BCUT2D eigenvalue weighted by atomic mass is 16.5. The summed E-state index contributed by atoms with van der Waals surface area (Å²) in [7, 11) is 0. The lowest BCUT2D eigenvalue weighted by atomic mass is 9.43. The van der Waals surface area contributed by atoms with Gasteiger partial charge in [0.1, 0.15) is 6.10 Å². The highest BCUT2D eigenvalue weighted by Crippen LogP contribution is 2.72. The fourth-order valence-electron chi connectivity index (χ4n) is 9.78. The number of aliphatic hydroxyl groups is 1. The summed E-state index contributed by atoms with van der Waals surface area (Å²) in [5.41, 5.74) is 4.05. The summed E-state index contributed by atoms with van der Waals surface area (Å²) in [6.07, 6.45) is 10.4. The SMILES string of the molecule is CC(=O)O[C@@H](C/C=C(/C)C(=O)O)[C@@H](C)[C@H]1CC[C@@]2(C)C3=C(CC[C@]12C)[C@@]1(C)CC[C@H](O)C(C)(C)[C@@H]1CC3. The van der Waals surface area contributed by atoms with Gasteiger partial charge in [0.2, 0.25) is 0 Å². The van der Waals surface area contributed by atoms with E-state index in [1.54, 1.807) is 24.1 Å². The van der Waals surface area contributed by atoms with E-state index in [1.165, 1.54) is 6.92 Å². The summed E-state index contributed by atoms with van der Waals surface area (Å²) in [5, 5.41) is 20.2. The van der Waals surface area contributed by atoms with Crippen molar-refractivity contribution in [3.8, 4) is 0 Å². The number of hydrogen-bond acceptors (Lipinski definition) is 4. The van der Waals surface area contributed by atoms with Crippen LogP contribution < -0.4 is 0 Å². The standard InChI is InChI=1S/C32H50O5/c1-19(28(35)36)9-11-25(37-21(3)33)20(2)22-13-17-32(8)24-10-12-26-29(4,5)27(34)15-16-30(26,6)23(24)14-18-31(22,32)7/h9,20,22,25-27,34H,10-18H2,1-8H3,(H,35,36)/b19-9-/t20-,22+,25-,26-,27-,30+,31+,32-/m0/s1. The van der Waals surface area contributed by atoms with Crippen LogP contribution in [0, 0.1) is 39.4 Å². The van der Waals surface area contributed by atoms with Crippen LogP contribution in [0.25, 0.3) is 0 Å². The van der Waals surface area contributed by atoms with E-state index >= 15 is 0 Å². The van der Waals surface area contributed by atoms with Gasteiger partial charge in [-0.15, -0.1) is 0 Å². The number of aliphatic carboxylic acids is 1. The maximum Gasteiger partial charge on any atom is 0.330 e. The molecular weight excluding hydrogens is 464 g/mol. The Morgan fingerprint density at radius 1 is 1.00 bits per heavy atom. The summed E-state index contributed by atoms with van der Waals surface area (Å²) in [4.78, 5) is 23.4. The Morgan fingerprint density at radius 2 is 1.68 bits per heavy atom. The number of aliphatic hydroxyl groups excluding tert-OH is 1. The minimum atomic E-state index is -0.927. The number of rotatable bonds is 6. The van der Waals surface area contributed by atoms with E-state index in [4.69, 9.17) is 4.74 Å². The number of carboxylic acids is 1. The summed E-state index contributed by atoms with van der Waals surface area (Å²) >= 11 is 0. The molecule has 37 heavy (non-hydrogen) atoms. The number of carbonyl (C=O) groups excluding carboxylic acids is 1. The van der Waals surface area contributed by atoms with Crippen molar-refractivity contribution >= 4 is 11.9 Å². The highest BCUT2D eigenvalue weighted by molar-refractivity contribution is 5.85. The number of fused-ring (bicyclic) bond motifs is 4. The third-order valence-electron chi connectivity index (χ3n) is 12.3. The number of carbonyl (C=O) groups is 2. The van der Waals surface area contributed by atoms with Crippen LogP contribution in [0.1, 0.15) is 113 Å². The van der Waals surface area contributed by atoms with Gasteiger partial charge in [-0.2, -0.15) is 0 Å². The molecule has 4 rings (SSSR count). The fraction of sp³-hybridized carbons (Fsp3) is 0.812. The normalized spacial score (nSPS) is 40.8. The van der Waals surface area contributed by atoms with Gasteiger partial charge in [0.15, 0.2) is 0 Å². The molecule has 0 saturated heterocycles. The predicted octanol–water partition coefficient (Wildman–Crippen LogP) is 7.09. The van der Waals surface area contributed by atoms with Crippen molar-refractivity contribution in [1.29, 1.82) is 0 Å². The van der Waals surface area contributed by atoms with E-state index in [1.807, 2.05) is 0 Å². The van der Waals surface area contributed by atoms with Gasteiger partial charge in [-0.3, -0.25) is 4.79 Å². The smallest absolute Gasteiger partial charge is 0.330 e. The Bertz CT molecular complexity index is 1010. The van der Waals surface area contributed by atoms with Gasteiger partial charge in [-0.05, 0) is 97.7 Å². The van der Waals surface area contributed by atoms with E-state index in [9.17, 15) is 19.8 Å². The average Bonchev–Trinajstić information content (AvgIpc) is 3.09. The second-order valence-corrected chi connectivity index (χ2v) is 14.2. The van der Waals surface area contributed by atoms with E-state index in [0.29, 0.717) is 23.8 Å². The van der Waals surface area contributed by atoms with Crippen molar-refractivity contribution in [2.24, 2.45) is 39.4 Å². The first kappa shape index (κ1) is 28.4. The second kappa shape index (κ2) is 9.54. The Labute approximate surface area is 224 Å². The molecule has 208 valence electrons. The highest BCUT2D eigenvalue weighted by Gasteiger charge is 2.63. The summed E-state index contributed by atoms with van der Waals surface area (Å²) in [6.45, 7) is 17.3. The molecule has 8 atom stereocenters. The topological polar surface area (TPSA) is 83.8 Å². The zero-order valence-corrected chi connectivity index (χ0v) is 24.4. The maximum atomic E-state index is 12.0. The molecule has 2 saturated carbocycles. The molecule has 0 spiro atoms. The first-order valence-corrected chi connectivity index (χ1v) is 14.6. The molecule has 5 nitrogen and oxygen atoms in total. The van der Waals surface area contributed by atoms with Gasteiger partial charge in [-0.25, -0.2) is 4.79 Å². The van der Waals surface area contributed by atoms with Crippen LogP contribution in [-0.2, 0) is 14.3 Å². The minimum absolute atomic E-state index is 0.0568. The Morgan fingerprint density at radius 3 is 2.30 bits per heavy atom. The zero-order chi connectivity index (χ0) is 27.6. The second-order valence-electron chi connectivity index (χ2n) is 14.2. The van der Waals surface area contributed by atoms with E-state index in [0.717, 1.165) is 51.4 Å². The quantitative estimate of drug-likeness (QED) is 0.225. The van der Waals surface area contributed by atoms with E-state index in [2.05, 4.69) is 41.5 Å². The van der Waals surface area contributed by atoms with Gasteiger partial charge in [0, 0.05) is 18.9 Å². The number of ether oxygens (including phenoxy) is 1. The van der Waals surface area contributed by atoms with Crippen molar-refractivity contribution < 1.29 is 24.5 Å². The van der Waals surface area contributed by atoms with Crippen LogP contribution in [0.4, 0.5) is 0 Å². The largest absolute Gasteiger partial charge is 0.478 e. The molecule has 4 aliphatic carbocycles. The molecule has 2 N–H and O–H groups in total. The van der Waals surface area contributed by atoms with Crippen LogP contribution in [0.3, 0.4) is 0 Å². The summed E-state index contributed by atoms with van der Waals surface area (Å²) in [5.74, 6) is -0.157. The summed E-state index contributed by atoms with van der Waals surface area (Å²) in [6, 6.07) is 0. The molecule has 0 heterocycles. The van der Waals surface area contributed by atoms with E-state index in [-0.39, 0.29) is 45.8 Å². The molecule has 0 unspecified atom stereocenters. The molecule has 0 aliphatic heterocycles. The van der Waals surface area contributed by atoms with Gasteiger partial charge in [0.25, 0.3) is 0 Å². The molecule has 0 amide bonds. The van der Waals surface area contributed by atoms with Crippen LogP contribution in [0.2, 0.25) is 0 Å². The molecule has 5 heteroatoms. The van der Waals surface area contributed by atoms with Crippen molar-refractivity contribution in [3.05, 3.63) is 22.8 Å². The average molecular weight is 515 g/mol. The van der Waals surface area contributed by atoms with Crippen molar-refractivity contribution in [2.45, 2.75) is 125 Å². The van der Waals surface area contributed by atoms with E-state index < -0.39 is 5.97 Å². The molecule has 0 radical (unpaired) electrons. The monoisotopic (exact) mass is 514 g/mol. The van der Waals surface area contributed by atoms with Gasteiger partial charge in [-0.1, -0.05) is 58.8 Å². The molecule has 2 fully saturated rings. The lowest BCUT2D eigenvalue weighted by molar-refractivity contribution is -0.151. The Hall–Kier alpha value is -1.62. The lowest BCUT2D eigenvalue weighted by Crippen LogP contribution is -2.55.